The molecule has 12 heterocycles. The first kappa shape index (κ1) is 106. The number of fused-ring (bicyclic) bond motifs is 4. The van der Waals surface area contributed by atoms with E-state index in [1.807, 2.05) is 95.9 Å². The molecule has 0 aliphatic carbocycles. The zero-order valence-corrected chi connectivity index (χ0v) is 83.5. The number of aromatic nitrogens is 6. The van der Waals surface area contributed by atoms with Crippen LogP contribution >= 0.6 is 23.2 Å². The number of carboxylic acids is 1. The van der Waals surface area contributed by atoms with Gasteiger partial charge in [0.1, 0.15) is 88.6 Å². The Balaban J connectivity index is 0.000000177. The van der Waals surface area contributed by atoms with Gasteiger partial charge in [-0.1, -0.05) is 59.6 Å². The van der Waals surface area contributed by atoms with Crippen molar-refractivity contribution >= 4 is 171 Å². The monoisotopic (exact) mass is 2020 g/mol. The molecule has 0 spiro atoms. The number of halogens is 4. The number of hydrogen-bond acceptors (Lipinski definition) is 29. The van der Waals surface area contributed by atoms with Gasteiger partial charge in [-0.25, -0.2) is 48.1 Å². The molecule has 3 radical (unpaired) electrons. The Kier molecular flexibility index (Phi) is 36.0. The molecule has 743 valence electrons. The zero-order valence-electron chi connectivity index (χ0n) is 80.0. The molecule has 8 aliphatic heterocycles. The molecule has 6 fully saturated rings. The summed E-state index contributed by atoms with van der Waals surface area (Å²) in [6.07, 6.45) is 13.4. The number of carbonyl (C=O) groups excluding carboxylic acids is 12. The van der Waals surface area contributed by atoms with Crippen LogP contribution in [0.4, 0.5) is 54.5 Å². The Hall–Kier alpha value is -14.5. The summed E-state index contributed by atoms with van der Waals surface area (Å²) in [6, 6.07) is 49.1. The van der Waals surface area contributed by atoms with Crippen LogP contribution in [0.15, 0.2) is 195 Å². The molecule has 145 heavy (non-hydrogen) atoms. The number of nitrogens with zero attached hydrogens (tertiary/aromatic N) is 11. The number of imide groups is 2. The largest absolute Gasteiger partial charge is 1.00 e. The second-order valence-electron chi connectivity index (χ2n) is 35.4. The number of anilines is 8. The Morgan fingerprint density at radius 2 is 0.903 bits per heavy atom. The maximum Gasteiger partial charge on any atom is 1.00 e. The minimum Gasteiger partial charge on any atom is -0.550 e. The van der Waals surface area contributed by atoms with Crippen molar-refractivity contribution in [3.05, 3.63) is 261 Å². The van der Waals surface area contributed by atoms with Crippen LogP contribution in [0.2, 0.25) is 10.0 Å². The molecule has 41 heteroatoms. The van der Waals surface area contributed by atoms with Crippen LogP contribution < -0.4 is 90.3 Å². The smallest absolute Gasteiger partial charge is 0.550 e. The van der Waals surface area contributed by atoms with Gasteiger partial charge in [0.15, 0.2) is 11.6 Å². The van der Waals surface area contributed by atoms with Crippen molar-refractivity contribution in [2.45, 2.75) is 110 Å². The van der Waals surface area contributed by atoms with Gasteiger partial charge in [0, 0.05) is 209 Å². The van der Waals surface area contributed by atoms with Crippen LogP contribution in [0, 0.1) is 23.5 Å². The first-order valence-electron chi connectivity index (χ1n) is 47.0. The molecule has 0 saturated carbocycles. The third-order valence-corrected chi connectivity index (χ3v) is 26.5. The number of hydrogen-bond donors (Lipinski definition) is 7. The number of aromatic amines is 2. The van der Waals surface area contributed by atoms with E-state index in [4.69, 9.17) is 42.6 Å². The predicted molar refractivity (Wildman–Crippen MR) is 534 cm³/mol. The van der Waals surface area contributed by atoms with Crippen molar-refractivity contribution in [3.63, 3.8) is 0 Å². The molecule has 6 saturated heterocycles. The molecule has 20 rings (SSSR count). The molecular weight excluding hydrogens is 1920 g/mol. The number of ketones is 2. The van der Waals surface area contributed by atoms with E-state index in [0.29, 0.717) is 165 Å². The fourth-order valence-electron chi connectivity index (χ4n) is 18.6. The number of rotatable bonds is 23. The van der Waals surface area contributed by atoms with Crippen LogP contribution in [-0.4, -0.2) is 221 Å². The van der Waals surface area contributed by atoms with Crippen LogP contribution in [0.3, 0.4) is 0 Å². The fraction of sp³-hybridized carbons (Fsp3) is 0.308. The molecule has 8 aliphatic rings. The van der Waals surface area contributed by atoms with E-state index in [2.05, 4.69) is 98.0 Å². The number of para-hydroxylation sites is 2. The van der Waals surface area contributed by atoms with Crippen molar-refractivity contribution < 1.29 is 120 Å². The first-order chi connectivity index (χ1) is 69.1. The van der Waals surface area contributed by atoms with Crippen LogP contribution in [0.5, 0.6) is 23.0 Å². The molecule has 2 atom stereocenters. The van der Waals surface area contributed by atoms with E-state index in [0.717, 1.165) is 154 Å². The predicted octanol–water partition coefficient (Wildman–Crippen LogP) is 10.3. The van der Waals surface area contributed by atoms with Crippen molar-refractivity contribution in [1.82, 2.24) is 60.6 Å². The van der Waals surface area contributed by atoms with Gasteiger partial charge in [-0.05, 0) is 203 Å². The quantitative estimate of drug-likeness (QED) is 0.00781. The summed E-state index contributed by atoms with van der Waals surface area (Å²) < 4.78 is 42.8. The van der Waals surface area contributed by atoms with E-state index in [9.17, 15) is 52.7 Å². The number of ether oxygens (including phenoxy) is 2. The summed E-state index contributed by atoms with van der Waals surface area (Å²) in [6.45, 7) is 15.5. The van der Waals surface area contributed by atoms with Crippen LogP contribution in [0.25, 0.3) is 22.1 Å². The van der Waals surface area contributed by atoms with Gasteiger partial charge in [-0.15, -0.1) is 0 Å². The number of piperidine rings is 4. The van der Waals surface area contributed by atoms with Crippen molar-refractivity contribution in [1.29, 1.82) is 0 Å². The Labute approximate surface area is 866 Å². The van der Waals surface area contributed by atoms with Crippen molar-refractivity contribution in [3.8, 4) is 23.0 Å². The Bertz CT molecular complexity index is 6790. The van der Waals surface area contributed by atoms with E-state index in [-0.39, 0.29) is 119 Å². The van der Waals surface area contributed by atoms with Gasteiger partial charge in [0.2, 0.25) is 23.6 Å². The average Bonchev–Trinajstić information content (AvgIpc) is 1.67. The summed E-state index contributed by atoms with van der Waals surface area (Å²) in [5.74, 6) is -1.38. The number of amides is 6. The van der Waals surface area contributed by atoms with Gasteiger partial charge in [0.25, 0.3) is 11.8 Å². The van der Waals surface area contributed by atoms with Gasteiger partial charge in [0.05, 0.1) is 43.3 Å². The fourth-order valence-corrected chi connectivity index (χ4v) is 19.1. The van der Waals surface area contributed by atoms with Gasteiger partial charge >= 0.3 is 41.5 Å². The topological polar surface area (TPSA) is 431 Å². The van der Waals surface area contributed by atoms with Crippen LogP contribution in [-0.2, 0) is 61.2 Å². The third-order valence-electron chi connectivity index (χ3n) is 25.9. The van der Waals surface area contributed by atoms with Gasteiger partial charge < -0.3 is 79.5 Å². The molecule has 7 N–H and O–H groups in total. The Morgan fingerprint density at radius 3 is 1.30 bits per heavy atom. The van der Waals surface area contributed by atoms with Gasteiger partial charge in [-0.2, -0.15) is 0 Å². The summed E-state index contributed by atoms with van der Waals surface area (Å²) in [7, 11) is 0. The van der Waals surface area contributed by atoms with E-state index in [1.54, 1.807) is 76.8 Å². The number of carbonyl (C=O) groups is 12. The van der Waals surface area contributed by atoms with E-state index >= 15 is 8.78 Å². The number of piperazine rings is 2. The third kappa shape index (κ3) is 26.4. The van der Waals surface area contributed by atoms with E-state index < -0.39 is 35.9 Å². The number of aldehydes is 1. The number of H-pyrrole nitrogens is 2. The minimum absolute atomic E-state index is 0. The van der Waals surface area contributed by atoms with Crippen molar-refractivity contribution in [2.75, 3.05) is 115 Å². The maximum atomic E-state index is 15.8. The summed E-state index contributed by atoms with van der Waals surface area (Å²) in [5, 5.41) is 24.7. The molecule has 8 aromatic carbocycles. The number of nitrogens with one attached hydrogen (secondary N) is 7. The Morgan fingerprint density at radius 1 is 0.483 bits per heavy atom. The standard InChI is InChI=1S/C49H47ClFN9O5.C32H27ClFN5O3.C17H20N4O3.C4H6O4.C2H4O2.B.Na/c50-39-26-35(65-34-4-2-1-3-5-34)8-10-37(39)45(62)38-27-52-46-44(38)47(54-29-53-46)55-32-6-11-41(40(51)25-32)59-18-15-30(16-19-59)14-17-57-20-22-58(23-21-57)33-7-9-36-31(24-33)28-60(49(36)64)42-12-13-43(61)56-48(42)63;33-26-17-23(42-22-4-2-1-3-5-22)7-8-24(26)30(41)25-18-35-31-29(25)32(37-19-36-31)38-21-6-9-28(27(34)16-21)39-13-10-20(11-14-39)12-15-40;22-15-4-3-14(16(23)19-15)21-10-11-9-12(1-2-13(11)17(21)24)20-7-5-18-6-8-20;1-3(5)7-8-4(2)6;1-2(3)4;;/h1-11,24-27,29-30,42H,12-23,28H2,(H,56,61,63)(H2,52,53,54,55);1-9,15-20H,10-14H2,(H2,35,36,37,38);1-2,9,14,18H,3-8,10H2,(H,19,22,23);1-2H3;1H3,(H,3,4);;/q;;;;;;+1/p-1/t42-;;14-;;;;/m0.0..../s1. The summed E-state index contributed by atoms with van der Waals surface area (Å²) in [4.78, 5) is 186. The second-order valence-corrected chi connectivity index (χ2v) is 36.2. The molecule has 0 bridgehead atoms. The molecule has 4 aromatic heterocycles. The molecule has 12 aromatic rings. The second kappa shape index (κ2) is 49.2. The van der Waals surface area contributed by atoms with E-state index in [1.165, 1.54) is 24.8 Å². The zero-order chi connectivity index (χ0) is 100. The summed E-state index contributed by atoms with van der Waals surface area (Å²) in [5.41, 5.74) is 9.54. The average molecular weight is 2020 g/mol. The number of aliphatic carboxylic acids is 1. The summed E-state index contributed by atoms with van der Waals surface area (Å²) >= 11 is 13.1. The number of carboxylic acid groups (broad SMARTS) is 1. The molecule has 0 unspecified atom stereocenters. The molecule has 35 nitrogen and oxygen atoms in total. The first-order valence-corrected chi connectivity index (χ1v) is 47.8. The molecule has 6 amide bonds. The molecular formula is C104H103BCl2F2N18NaO17. The SMILES string of the molecule is CC(=O)OOC(C)=O.CC(=O)[O-].O=C1CC[C@H](N2Cc3cc(N4CCN(CCC5CCN(c6ccc(Nc7ncnc8[nH]cc(C(=O)c9ccc(Oc%10ccccc%10)cc9Cl)c78)cc6F)CC5)CC4)ccc3C2=O)C(=O)N1.O=C1CC[C@H](N2Cc3cc(N4CCNCC4)ccc3C2=O)C(=O)N1.O=CCC1CCN(c2ccc(Nc3ncnc4[nH]cc(C(=O)c5ccc(Oc6ccccc6)cc5Cl)c34)cc2F)CC1.[B].[Na+]. The van der Waals surface area contributed by atoms with Gasteiger partial charge in [-0.3, -0.25) is 53.9 Å². The van der Waals surface area contributed by atoms with Crippen LogP contribution in [0.1, 0.15) is 149 Å². The van der Waals surface area contributed by atoms with Crippen molar-refractivity contribution in [2.24, 2.45) is 11.8 Å². The normalized spacial score (nSPS) is 16.8. The number of benzene rings is 8. The minimum atomic E-state index is -1.08. The maximum absolute atomic E-state index is 15.8.